The molecule has 1 aromatic heterocycles. The molecule has 96 valence electrons. The van der Waals surface area contributed by atoms with Crippen molar-refractivity contribution in [2.45, 2.75) is 19.9 Å². The van der Waals surface area contributed by atoms with E-state index in [1.54, 1.807) is 12.1 Å². The lowest BCUT2D eigenvalue weighted by molar-refractivity contribution is 0.476. The molecule has 0 radical (unpaired) electrons. The van der Waals surface area contributed by atoms with Gasteiger partial charge in [-0.15, -0.1) is 0 Å². The average Bonchev–Trinajstić information content (AvgIpc) is 2.35. The van der Waals surface area contributed by atoms with Crippen molar-refractivity contribution in [3.05, 3.63) is 30.5 Å². The van der Waals surface area contributed by atoms with E-state index in [-0.39, 0.29) is 5.75 Å². The number of rotatable bonds is 4. The van der Waals surface area contributed by atoms with Gasteiger partial charge in [-0.05, 0) is 37.4 Å². The van der Waals surface area contributed by atoms with Crippen LogP contribution in [-0.4, -0.2) is 28.0 Å². The number of aromatic nitrogens is 1. The number of aromatic hydroxyl groups is 1. The Bertz CT molecular complexity index is 542. The normalized spacial score (nSPS) is 11.1. The third kappa shape index (κ3) is 2.58. The number of alkyl halides is 1. The van der Waals surface area contributed by atoms with Crippen LogP contribution in [0, 0.1) is 0 Å². The minimum absolute atomic E-state index is 0.277. The highest BCUT2D eigenvalue weighted by Gasteiger charge is 2.14. The molecule has 1 heterocycles. The lowest BCUT2D eigenvalue weighted by Gasteiger charge is -2.28. The van der Waals surface area contributed by atoms with Gasteiger partial charge in [0.1, 0.15) is 11.6 Å². The zero-order valence-electron chi connectivity index (χ0n) is 10.6. The highest BCUT2D eigenvalue weighted by molar-refractivity contribution is 9.09. The van der Waals surface area contributed by atoms with Crippen LogP contribution in [0.3, 0.4) is 0 Å². The number of halogens is 1. The minimum Gasteiger partial charge on any atom is -0.508 e. The van der Waals surface area contributed by atoms with Crippen molar-refractivity contribution < 1.29 is 5.11 Å². The smallest absolute Gasteiger partial charge is 0.136 e. The van der Waals surface area contributed by atoms with E-state index < -0.39 is 0 Å². The molecule has 0 unspecified atom stereocenters. The van der Waals surface area contributed by atoms with E-state index in [2.05, 4.69) is 39.7 Å². The first kappa shape index (κ1) is 13.1. The zero-order chi connectivity index (χ0) is 13.1. The van der Waals surface area contributed by atoms with E-state index in [1.165, 1.54) is 0 Å². The number of nitrogens with zero attached hydrogens (tertiary/aromatic N) is 2. The molecule has 0 bridgehead atoms. The minimum atomic E-state index is 0.277. The summed E-state index contributed by atoms with van der Waals surface area (Å²) in [5.41, 5.74) is 0. The molecule has 0 amide bonds. The molecule has 0 saturated heterocycles. The quantitative estimate of drug-likeness (QED) is 0.878. The lowest BCUT2D eigenvalue weighted by atomic mass is 10.1. The van der Waals surface area contributed by atoms with E-state index in [9.17, 15) is 5.11 Å². The molecule has 2 aromatic rings. The van der Waals surface area contributed by atoms with Gasteiger partial charge >= 0.3 is 0 Å². The van der Waals surface area contributed by atoms with Crippen molar-refractivity contribution in [2.75, 3.05) is 16.8 Å². The molecule has 0 saturated carbocycles. The maximum atomic E-state index is 9.65. The van der Waals surface area contributed by atoms with Gasteiger partial charge in [0.25, 0.3) is 0 Å². The molecular weight excluding hydrogens is 292 g/mol. The lowest BCUT2D eigenvalue weighted by Crippen LogP contribution is -2.33. The van der Waals surface area contributed by atoms with Gasteiger partial charge in [0.2, 0.25) is 0 Å². The first-order valence-corrected chi connectivity index (χ1v) is 7.16. The molecule has 0 spiro atoms. The van der Waals surface area contributed by atoms with Crippen LogP contribution in [0.25, 0.3) is 10.8 Å². The predicted molar refractivity (Wildman–Crippen MR) is 79.7 cm³/mol. The second-order valence-corrected chi connectivity index (χ2v) is 5.31. The zero-order valence-corrected chi connectivity index (χ0v) is 12.2. The Hall–Kier alpha value is -1.29. The van der Waals surface area contributed by atoms with Crippen LogP contribution in [0.5, 0.6) is 5.75 Å². The van der Waals surface area contributed by atoms with Crippen LogP contribution in [-0.2, 0) is 0 Å². The largest absolute Gasteiger partial charge is 0.508 e. The Morgan fingerprint density at radius 1 is 1.33 bits per heavy atom. The van der Waals surface area contributed by atoms with E-state index in [4.69, 9.17) is 0 Å². The van der Waals surface area contributed by atoms with Crippen molar-refractivity contribution in [1.29, 1.82) is 0 Å². The van der Waals surface area contributed by atoms with E-state index in [0.717, 1.165) is 28.5 Å². The van der Waals surface area contributed by atoms with Crippen molar-refractivity contribution in [3.8, 4) is 5.75 Å². The van der Waals surface area contributed by atoms with Gasteiger partial charge in [0.05, 0.1) is 0 Å². The van der Waals surface area contributed by atoms with Crippen molar-refractivity contribution in [3.63, 3.8) is 0 Å². The van der Waals surface area contributed by atoms with Crippen molar-refractivity contribution in [2.24, 2.45) is 0 Å². The molecule has 2 rings (SSSR count). The van der Waals surface area contributed by atoms with Gasteiger partial charge < -0.3 is 10.0 Å². The Morgan fingerprint density at radius 3 is 2.78 bits per heavy atom. The second kappa shape index (κ2) is 5.57. The Morgan fingerprint density at radius 2 is 2.11 bits per heavy atom. The second-order valence-electron chi connectivity index (χ2n) is 4.52. The summed E-state index contributed by atoms with van der Waals surface area (Å²) in [5.74, 6) is 1.21. The van der Waals surface area contributed by atoms with Crippen LogP contribution < -0.4 is 4.90 Å². The summed E-state index contributed by atoms with van der Waals surface area (Å²) >= 11 is 3.48. The van der Waals surface area contributed by atoms with Crippen LogP contribution in [0.4, 0.5) is 5.82 Å². The fraction of sp³-hybridized carbons (Fsp3) is 0.357. The topological polar surface area (TPSA) is 36.4 Å². The number of benzene rings is 1. The molecule has 3 nitrogen and oxygen atoms in total. The standard InChI is InChI=1S/C14H17BrN2O/c1-10(2)17(8-6-15)14-13-9-12(18)4-3-11(13)5-7-16-14/h3-5,7,9-10,18H,6,8H2,1-2H3. The highest BCUT2D eigenvalue weighted by Crippen LogP contribution is 2.28. The first-order chi connectivity index (χ1) is 8.63. The Kier molecular flexibility index (Phi) is 4.07. The van der Waals surface area contributed by atoms with Crippen molar-refractivity contribution in [1.82, 2.24) is 4.98 Å². The Labute approximate surface area is 116 Å². The maximum Gasteiger partial charge on any atom is 0.136 e. The number of phenols is 1. The van der Waals surface area contributed by atoms with Crippen LogP contribution in [0.1, 0.15) is 13.8 Å². The van der Waals surface area contributed by atoms with Gasteiger partial charge in [-0.2, -0.15) is 0 Å². The SMILES string of the molecule is CC(C)N(CCBr)c1nccc2ccc(O)cc12. The number of pyridine rings is 1. The van der Waals surface area contributed by atoms with Crippen LogP contribution in [0.2, 0.25) is 0 Å². The number of hydrogen-bond donors (Lipinski definition) is 1. The summed E-state index contributed by atoms with van der Waals surface area (Å²) in [6.07, 6.45) is 1.82. The summed E-state index contributed by atoms with van der Waals surface area (Å²) in [7, 11) is 0. The third-order valence-corrected chi connectivity index (χ3v) is 3.30. The molecule has 0 aliphatic carbocycles. The van der Waals surface area contributed by atoms with Gasteiger partial charge in [-0.3, -0.25) is 0 Å². The highest BCUT2D eigenvalue weighted by atomic mass is 79.9. The molecule has 1 aromatic carbocycles. The summed E-state index contributed by atoms with van der Waals surface area (Å²) in [6.45, 7) is 5.18. The van der Waals surface area contributed by atoms with Gasteiger partial charge in [-0.1, -0.05) is 22.0 Å². The molecule has 0 fully saturated rings. The third-order valence-electron chi connectivity index (χ3n) is 2.95. The number of anilines is 1. The number of fused-ring (bicyclic) bond motifs is 1. The molecule has 0 atom stereocenters. The van der Waals surface area contributed by atoms with E-state index in [0.29, 0.717) is 6.04 Å². The molecule has 0 aliphatic rings. The fourth-order valence-corrected chi connectivity index (χ4v) is 2.45. The average molecular weight is 309 g/mol. The van der Waals surface area contributed by atoms with Crippen molar-refractivity contribution >= 4 is 32.5 Å². The number of phenolic OH excluding ortho intramolecular Hbond substituents is 1. The summed E-state index contributed by atoms with van der Waals surface area (Å²) in [5, 5.41) is 12.6. The van der Waals surface area contributed by atoms with Gasteiger partial charge in [0, 0.05) is 29.5 Å². The Balaban J connectivity index is 2.57. The summed E-state index contributed by atoms with van der Waals surface area (Å²) in [6, 6.07) is 7.73. The van der Waals surface area contributed by atoms with Crippen LogP contribution in [0.15, 0.2) is 30.5 Å². The van der Waals surface area contributed by atoms with E-state index in [1.807, 2.05) is 18.3 Å². The molecule has 1 N–H and O–H groups in total. The molecular formula is C14H17BrN2O. The maximum absolute atomic E-state index is 9.65. The first-order valence-electron chi connectivity index (χ1n) is 6.04. The number of hydrogen-bond acceptors (Lipinski definition) is 3. The predicted octanol–water partition coefficient (Wildman–Crippen LogP) is 3.55. The van der Waals surface area contributed by atoms with Gasteiger partial charge in [0.15, 0.2) is 0 Å². The fourth-order valence-electron chi connectivity index (χ4n) is 2.07. The summed E-state index contributed by atoms with van der Waals surface area (Å²) < 4.78 is 0. The van der Waals surface area contributed by atoms with E-state index >= 15 is 0 Å². The van der Waals surface area contributed by atoms with Gasteiger partial charge in [-0.25, -0.2) is 4.98 Å². The molecule has 4 heteroatoms. The molecule has 18 heavy (non-hydrogen) atoms. The monoisotopic (exact) mass is 308 g/mol. The molecule has 0 aliphatic heterocycles. The van der Waals surface area contributed by atoms with Crippen LogP contribution >= 0.6 is 15.9 Å². The summed E-state index contributed by atoms with van der Waals surface area (Å²) in [4.78, 5) is 6.71.